The van der Waals surface area contributed by atoms with Gasteiger partial charge in [-0.1, -0.05) is 17.7 Å². The summed E-state index contributed by atoms with van der Waals surface area (Å²) in [4.78, 5) is 4.06. The molecule has 1 aromatic heterocycles. The van der Waals surface area contributed by atoms with Crippen molar-refractivity contribution in [1.82, 2.24) is 4.98 Å². The zero-order chi connectivity index (χ0) is 13.1. The number of ether oxygens (including phenoxy) is 1. The normalized spacial score (nSPS) is 10.4. The van der Waals surface area contributed by atoms with E-state index in [1.54, 1.807) is 18.3 Å². The van der Waals surface area contributed by atoms with E-state index in [1.165, 1.54) is 12.1 Å². The summed E-state index contributed by atoms with van der Waals surface area (Å²) in [5, 5.41) is -0.00101. The molecule has 0 fully saturated rings. The Hall–Kier alpha value is -1.17. The molecule has 0 amide bonds. The number of nitrogens with zero attached hydrogens (tertiary/aromatic N) is 1. The average molecular weight is 332 g/mol. The molecule has 0 aliphatic carbocycles. The summed E-state index contributed by atoms with van der Waals surface area (Å²) in [6, 6.07) is 6.29. The smallest absolute Gasteiger partial charge is 0.223 e. The fraction of sp³-hybridized carbons (Fsp3) is 0.0833. The highest BCUT2D eigenvalue weighted by molar-refractivity contribution is 9.10. The maximum Gasteiger partial charge on any atom is 0.223 e. The Balaban J connectivity index is 2.37. The maximum atomic E-state index is 13.7. The molecular weight excluding hydrogens is 322 g/mol. The first-order valence-electron chi connectivity index (χ1n) is 5.08. The minimum atomic E-state index is -0.619. The minimum Gasteiger partial charge on any atom is -0.436 e. The molecule has 0 saturated carbocycles. The first kappa shape index (κ1) is 13.3. The number of halogens is 3. The molecule has 0 spiro atoms. The third-order valence-electron chi connectivity index (χ3n) is 2.23. The topological polar surface area (TPSA) is 48.1 Å². The summed E-state index contributed by atoms with van der Waals surface area (Å²) >= 11 is 8.95. The van der Waals surface area contributed by atoms with E-state index >= 15 is 0 Å². The van der Waals surface area contributed by atoms with Crippen LogP contribution in [0.15, 0.2) is 34.9 Å². The Labute approximate surface area is 117 Å². The van der Waals surface area contributed by atoms with Crippen LogP contribution in [0.1, 0.15) is 5.56 Å². The molecule has 2 rings (SSSR count). The van der Waals surface area contributed by atoms with Gasteiger partial charge >= 0.3 is 0 Å². The Bertz CT molecular complexity index is 580. The molecule has 3 nitrogen and oxygen atoms in total. The predicted molar refractivity (Wildman–Crippen MR) is 71.3 cm³/mol. The SMILES string of the molecule is NCc1cc(Br)cnc1Oc1cccc(Cl)c1F. The van der Waals surface area contributed by atoms with E-state index in [0.29, 0.717) is 5.56 Å². The molecule has 0 unspecified atom stereocenters. The lowest BCUT2D eigenvalue weighted by atomic mass is 10.2. The van der Waals surface area contributed by atoms with Gasteiger partial charge in [-0.15, -0.1) is 0 Å². The Morgan fingerprint density at radius 1 is 1.44 bits per heavy atom. The monoisotopic (exact) mass is 330 g/mol. The van der Waals surface area contributed by atoms with Gasteiger partial charge < -0.3 is 10.5 Å². The molecule has 0 bridgehead atoms. The maximum absolute atomic E-state index is 13.7. The average Bonchev–Trinajstić information content (AvgIpc) is 2.37. The first-order chi connectivity index (χ1) is 8.61. The summed E-state index contributed by atoms with van der Waals surface area (Å²) in [6.07, 6.45) is 1.55. The van der Waals surface area contributed by atoms with Gasteiger partial charge in [0, 0.05) is 22.8 Å². The summed E-state index contributed by atoms with van der Waals surface area (Å²) in [5.74, 6) is -0.333. The molecule has 94 valence electrons. The molecular formula is C12H9BrClFN2O. The summed E-state index contributed by atoms with van der Waals surface area (Å²) in [7, 11) is 0. The number of hydrogen-bond donors (Lipinski definition) is 1. The van der Waals surface area contributed by atoms with Crippen molar-refractivity contribution in [3.63, 3.8) is 0 Å². The Morgan fingerprint density at radius 3 is 2.94 bits per heavy atom. The van der Waals surface area contributed by atoms with Gasteiger partial charge in [0.25, 0.3) is 0 Å². The van der Waals surface area contributed by atoms with Gasteiger partial charge in [0.1, 0.15) is 0 Å². The fourth-order valence-electron chi connectivity index (χ4n) is 1.37. The molecule has 1 heterocycles. The van der Waals surface area contributed by atoms with Crippen LogP contribution in [-0.4, -0.2) is 4.98 Å². The third-order valence-corrected chi connectivity index (χ3v) is 2.96. The van der Waals surface area contributed by atoms with E-state index in [4.69, 9.17) is 22.1 Å². The van der Waals surface area contributed by atoms with Crippen LogP contribution in [0.25, 0.3) is 0 Å². The van der Waals surface area contributed by atoms with Gasteiger partial charge in [0.15, 0.2) is 11.6 Å². The van der Waals surface area contributed by atoms with Crippen molar-refractivity contribution in [3.8, 4) is 11.6 Å². The number of hydrogen-bond acceptors (Lipinski definition) is 3. The van der Waals surface area contributed by atoms with Crippen molar-refractivity contribution >= 4 is 27.5 Å². The van der Waals surface area contributed by atoms with Crippen LogP contribution in [0.4, 0.5) is 4.39 Å². The lowest BCUT2D eigenvalue weighted by molar-refractivity contribution is 0.422. The van der Waals surface area contributed by atoms with Crippen LogP contribution in [0.3, 0.4) is 0 Å². The van der Waals surface area contributed by atoms with E-state index in [-0.39, 0.29) is 23.2 Å². The lowest BCUT2D eigenvalue weighted by Gasteiger charge is -2.10. The quantitative estimate of drug-likeness (QED) is 0.928. The number of pyridine rings is 1. The lowest BCUT2D eigenvalue weighted by Crippen LogP contribution is -2.02. The molecule has 2 N–H and O–H groups in total. The largest absolute Gasteiger partial charge is 0.436 e. The zero-order valence-corrected chi connectivity index (χ0v) is 11.5. The van der Waals surface area contributed by atoms with Crippen molar-refractivity contribution in [1.29, 1.82) is 0 Å². The number of aromatic nitrogens is 1. The van der Waals surface area contributed by atoms with Crippen molar-refractivity contribution < 1.29 is 9.13 Å². The Morgan fingerprint density at radius 2 is 2.22 bits per heavy atom. The molecule has 6 heteroatoms. The second-order valence-corrected chi connectivity index (χ2v) is 4.80. The molecule has 0 aliphatic rings. The van der Waals surface area contributed by atoms with Gasteiger partial charge in [-0.3, -0.25) is 0 Å². The van der Waals surface area contributed by atoms with Crippen LogP contribution in [0, 0.1) is 5.82 Å². The zero-order valence-electron chi connectivity index (χ0n) is 9.16. The second-order valence-electron chi connectivity index (χ2n) is 3.48. The van der Waals surface area contributed by atoms with Crippen LogP contribution in [-0.2, 0) is 6.54 Å². The van der Waals surface area contributed by atoms with Gasteiger partial charge in [-0.25, -0.2) is 9.37 Å². The van der Waals surface area contributed by atoms with E-state index in [0.717, 1.165) is 4.47 Å². The number of benzene rings is 1. The van der Waals surface area contributed by atoms with Crippen molar-refractivity contribution in [3.05, 3.63) is 51.3 Å². The van der Waals surface area contributed by atoms with Crippen LogP contribution < -0.4 is 10.5 Å². The van der Waals surface area contributed by atoms with Gasteiger partial charge in [0.2, 0.25) is 5.88 Å². The van der Waals surface area contributed by atoms with Crippen LogP contribution in [0.2, 0.25) is 5.02 Å². The van der Waals surface area contributed by atoms with Crippen LogP contribution in [0.5, 0.6) is 11.6 Å². The Kier molecular flexibility index (Phi) is 4.16. The molecule has 2 aromatic rings. The molecule has 0 radical (unpaired) electrons. The van der Waals surface area contributed by atoms with E-state index in [1.807, 2.05) is 0 Å². The number of nitrogens with two attached hydrogens (primary N) is 1. The van der Waals surface area contributed by atoms with E-state index < -0.39 is 5.82 Å². The van der Waals surface area contributed by atoms with Crippen molar-refractivity contribution in [2.24, 2.45) is 5.73 Å². The highest BCUT2D eigenvalue weighted by Crippen LogP contribution is 2.30. The molecule has 0 atom stereocenters. The van der Waals surface area contributed by atoms with Gasteiger partial charge in [-0.05, 0) is 34.1 Å². The minimum absolute atomic E-state index is 0.00101. The third kappa shape index (κ3) is 2.80. The molecule has 1 aromatic carbocycles. The predicted octanol–water partition coefficient (Wildman–Crippen LogP) is 3.89. The van der Waals surface area contributed by atoms with Crippen molar-refractivity contribution in [2.45, 2.75) is 6.54 Å². The van der Waals surface area contributed by atoms with Crippen LogP contribution >= 0.6 is 27.5 Å². The molecule has 0 saturated heterocycles. The highest BCUT2D eigenvalue weighted by Gasteiger charge is 2.11. The number of rotatable bonds is 3. The fourth-order valence-corrected chi connectivity index (χ4v) is 1.92. The van der Waals surface area contributed by atoms with Gasteiger partial charge in [-0.2, -0.15) is 0 Å². The first-order valence-corrected chi connectivity index (χ1v) is 6.25. The highest BCUT2D eigenvalue weighted by atomic mass is 79.9. The summed E-state index contributed by atoms with van der Waals surface area (Å²) < 4.78 is 19.9. The van der Waals surface area contributed by atoms with E-state index in [9.17, 15) is 4.39 Å². The van der Waals surface area contributed by atoms with Gasteiger partial charge in [0.05, 0.1) is 5.02 Å². The van der Waals surface area contributed by atoms with Crippen molar-refractivity contribution in [2.75, 3.05) is 0 Å². The second kappa shape index (κ2) is 5.65. The summed E-state index contributed by atoms with van der Waals surface area (Å²) in [5.41, 5.74) is 6.25. The standard InChI is InChI=1S/C12H9BrClFN2O/c13-8-4-7(5-16)12(17-6-8)18-10-3-1-2-9(14)11(10)15/h1-4,6H,5,16H2. The summed E-state index contributed by atoms with van der Waals surface area (Å²) in [6.45, 7) is 0.240. The molecule has 0 aliphatic heterocycles. The van der Waals surface area contributed by atoms with E-state index in [2.05, 4.69) is 20.9 Å². The molecule has 18 heavy (non-hydrogen) atoms.